The van der Waals surface area contributed by atoms with Crippen molar-refractivity contribution in [3.8, 4) is 10.6 Å². The molecule has 0 atom stereocenters. The summed E-state index contributed by atoms with van der Waals surface area (Å²) in [6.07, 6.45) is 0. The Morgan fingerprint density at radius 2 is 1.96 bits per heavy atom. The van der Waals surface area contributed by atoms with Gasteiger partial charge in [-0.1, -0.05) is 17.7 Å². The number of aromatic nitrogens is 1. The number of halogens is 1. The van der Waals surface area contributed by atoms with E-state index in [9.17, 15) is 13.2 Å². The Balaban J connectivity index is 1.65. The van der Waals surface area contributed by atoms with Crippen LogP contribution in [-0.4, -0.2) is 37.2 Å². The van der Waals surface area contributed by atoms with Crippen molar-refractivity contribution in [1.29, 1.82) is 0 Å². The number of thiophene rings is 1. The number of likely N-dealkylation sites (N-methyl/N-ethyl adjacent to an activating group) is 1. The molecule has 0 fully saturated rings. The molecule has 1 amide bonds. The molecule has 0 aliphatic carbocycles. The average molecular weight is 428 g/mol. The van der Waals surface area contributed by atoms with Gasteiger partial charge in [-0.3, -0.25) is 4.79 Å². The zero-order valence-corrected chi connectivity index (χ0v) is 16.8. The number of thiazole rings is 1. The van der Waals surface area contributed by atoms with Crippen LogP contribution in [0.25, 0.3) is 10.6 Å². The molecule has 0 radical (unpaired) electrons. The fraction of sp³-hybridized carbons (Fsp3) is 0.125. The quantitative estimate of drug-likeness (QED) is 0.649. The van der Waals surface area contributed by atoms with Gasteiger partial charge in [0.15, 0.2) is 5.13 Å². The molecule has 0 bridgehead atoms. The fourth-order valence-electron chi connectivity index (χ4n) is 2.10. The lowest BCUT2D eigenvalue weighted by atomic mass is 10.4. The van der Waals surface area contributed by atoms with Crippen molar-refractivity contribution >= 4 is 55.3 Å². The van der Waals surface area contributed by atoms with Crippen LogP contribution in [0.1, 0.15) is 0 Å². The molecule has 0 spiro atoms. The number of amides is 1. The maximum absolute atomic E-state index is 12.5. The van der Waals surface area contributed by atoms with Crippen LogP contribution >= 0.6 is 34.3 Å². The Morgan fingerprint density at radius 1 is 1.23 bits per heavy atom. The molecule has 0 aliphatic heterocycles. The van der Waals surface area contributed by atoms with E-state index in [2.05, 4.69) is 10.3 Å². The SMILES string of the molecule is CN(CC(=O)Nc1nc(-c2cccs2)cs1)S(=O)(=O)c1ccc(Cl)cc1. The normalized spacial score (nSPS) is 11.7. The highest BCUT2D eigenvalue weighted by molar-refractivity contribution is 7.89. The van der Waals surface area contributed by atoms with Crippen LogP contribution < -0.4 is 5.32 Å². The van der Waals surface area contributed by atoms with Crippen LogP contribution in [0, 0.1) is 0 Å². The van der Waals surface area contributed by atoms with Crippen molar-refractivity contribution in [1.82, 2.24) is 9.29 Å². The number of anilines is 1. The Morgan fingerprint density at radius 3 is 2.62 bits per heavy atom. The van der Waals surface area contributed by atoms with E-state index in [0.717, 1.165) is 14.9 Å². The van der Waals surface area contributed by atoms with Crippen LogP contribution in [0.2, 0.25) is 5.02 Å². The number of carbonyl (C=O) groups excluding carboxylic acids is 1. The topological polar surface area (TPSA) is 79.4 Å². The molecule has 2 aromatic heterocycles. The van der Waals surface area contributed by atoms with Gasteiger partial charge in [0.25, 0.3) is 0 Å². The van der Waals surface area contributed by atoms with E-state index < -0.39 is 15.9 Å². The Kier molecular flexibility index (Phi) is 5.73. The first-order chi connectivity index (χ1) is 12.4. The minimum atomic E-state index is -3.77. The minimum absolute atomic E-state index is 0.0754. The molecule has 1 N–H and O–H groups in total. The third-order valence-corrected chi connectivity index (χ3v) is 7.13. The largest absolute Gasteiger partial charge is 0.301 e. The lowest BCUT2D eigenvalue weighted by Gasteiger charge is -2.16. The summed E-state index contributed by atoms with van der Waals surface area (Å²) in [6, 6.07) is 9.65. The second-order valence-corrected chi connectivity index (χ2v) is 9.57. The highest BCUT2D eigenvalue weighted by Gasteiger charge is 2.23. The number of nitrogens with zero attached hydrogens (tertiary/aromatic N) is 2. The number of hydrogen-bond acceptors (Lipinski definition) is 6. The maximum Gasteiger partial charge on any atom is 0.243 e. The van der Waals surface area contributed by atoms with E-state index >= 15 is 0 Å². The fourth-order valence-corrected chi connectivity index (χ4v) is 4.84. The van der Waals surface area contributed by atoms with Gasteiger partial charge in [0.05, 0.1) is 22.0 Å². The van der Waals surface area contributed by atoms with Crippen molar-refractivity contribution in [3.63, 3.8) is 0 Å². The molecule has 0 saturated carbocycles. The number of benzene rings is 1. The monoisotopic (exact) mass is 427 g/mol. The van der Waals surface area contributed by atoms with Crippen LogP contribution in [0.5, 0.6) is 0 Å². The number of hydrogen-bond donors (Lipinski definition) is 1. The van der Waals surface area contributed by atoms with Crippen molar-refractivity contribution in [2.45, 2.75) is 4.90 Å². The van der Waals surface area contributed by atoms with Crippen molar-refractivity contribution < 1.29 is 13.2 Å². The number of rotatable bonds is 6. The summed E-state index contributed by atoms with van der Waals surface area (Å²) in [5.41, 5.74) is 0.780. The molecule has 0 unspecified atom stereocenters. The summed E-state index contributed by atoms with van der Waals surface area (Å²) in [6.45, 7) is -0.321. The zero-order chi connectivity index (χ0) is 18.7. The maximum atomic E-state index is 12.5. The van der Waals surface area contributed by atoms with Gasteiger partial charge in [-0.25, -0.2) is 13.4 Å². The van der Waals surface area contributed by atoms with Crippen LogP contribution in [0.15, 0.2) is 52.1 Å². The van der Waals surface area contributed by atoms with Gasteiger partial charge in [-0.05, 0) is 35.7 Å². The molecule has 3 rings (SSSR count). The van der Waals surface area contributed by atoms with E-state index in [1.54, 1.807) is 11.3 Å². The van der Waals surface area contributed by atoms with Gasteiger partial charge in [-0.2, -0.15) is 4.31 Å². The third-order valence-electron chi connectivity index (χ3n) is 3.41. The second-order valence-electron chi connectivity index (χ2n) is 5.28. The first-order valence-corrected chi connectivity index (χ1v) is 10.9. The Labute approximate surface area is 164 Å². The van der Waals surface area contributed by atoms with Gasteiger partial charge < -0.3 is 5.32 Å². The lowest BCUT2D eigenvalue weighted by Crippen LogP contribution is -2.34. The van der Waals surface area contributed by atoms with Gasteiger partial charge in [0.2, 0.25) is 15.9 Å². The molecule has 26 heavy (non-hydrogen) atoms. The van der Waals surface area contributed by atoms with E-state index in [4.69, 9.17) is 11.6 Å². The van der Waals surface area contributed by atoms with E-state index in [0.29, 0.717) is 10.2 Å². The van der Waals surface area contributed by atoms with Crippen LogP contribution in [0.4, 0.5) is 5.13 Å². The summed E-state index contributed by atoms with van der Waals surface area (Å²) >= 11 is 8.62. The number of sulfonamides is 1. The van der Waals surface area contributed by atoms with Crippen LogP contribution in [-0.2, 0) is 14.8 Å². The number of nitrogens with one attached hydrogen (secondary N) is 1. The molecule has 10 heteroatoms. The van der Waals surface area contributed by atoms with Crippen molar-refractivity contribution in [3.05, 3.63) is 52.2 Å². The highest BCUT2D eigenvalue weighted by atomic mass is 35.5. The Bertz CT molecular complexity index is 999. The minimum Gasteiger partial charge on any atom is -0.301 e. The molecular formula is C16H14ClN3O3S3. The first kappa shape index (κ1) is 19.0. The molecule has 0 saturated heterocycles. The van der Waals surface area contributed by atoms with Gasteiger partial charge >= 0.3 is 0 Å². The van der Waals surface area contributed by atoms with Crippen LogP contribution in [0.3, 0.4) is 0 Å². The third kappa shape index (κ3) is 4.30. The van der Waals surface area contributed by atoms with Gasteiger partial charge in [0.1, 0.15) is 0 Å². The second kappa shape index (κ2) is 7.85. The molecular weight excluding hydrogens is 414 g/mol. The molecule has 0 aliphatic rings. The first-order valence-electron chi connectivity index (χ1n) is 7.37. The molecule has 3 aromatic rings. The lowest BCUT2D eigenvalue weighted by molar-refractivity contribution is -0.116. The average Bonchev–Trinajstić information content (AvgIpc) is 3.26. The summed E-state index contributed by atoms with van der Waals surface area (Å²) in [7, 11) is -2.43. The molecule has 1 aromatic carbocycles. The summed E-state index contributed by atoms with van der Waals surface area (Å²) in [5, 5.41) is 7.29. The van der Waals surface area contributed by atoms with Gasteiger partial charge in [-0.15, -0.1) is 22.7 Å². The van der Waals surface area contributed by atoms with E-state index in [1.807, 2.05) is 22.9 Å². The standard InChI is InChI=1S/C16H14ClN3O3S3/c1-20(26(22,23)12-6-4-11(17)5-7-12)9-15(21)19-16-18-13(10-25-16)14-3-2-8-24-14/h2-8,10H,9H2,1H3,(H,18,19,21). The highest BCUT2D eigenvalue weighted by Crippen LogP contribution is 2.28. The molecule has 6 nitrogen and oxygen atoms in total. The molecule has 136 valence electrons. The predicted molar refractivity (Wildman–Crippen MR) is 105 cm³/mol. The summed E-state index contributed by atoms with van der Waals surface area (Å²) in [4.78, 5) is 17.6. The smallest absolute Gasteiger partial charge is 0.243 e. The number of carbonyl (C=O) groups is 1. The Hall–Kier alpha value is -1.78. The van der Waals surface area contributed by atoms with Crippen molar-refractivity contribution in [2.24, 2.45) is 0 Å². The predicted octanol–water partition coefficient (Wildman–Crippen LogP) is 3.78. The van der Waals surface area contributed by atoms with E-state index in [-0.39, 0.29) is 11.4 Å². The molecule has 2 heterocycles. The van der Waals surface area contributed by atoms with E-state index in [1.165, 1.54) is 42.6 Å². The van der Waals surface area contributed by atoms with Crippen molar-refractivity contribution in [2.75, 3.05) is 18.9 Å². The summed E-state index contributed by atoms with van der Waals surface area (Å²) in [5.74, 6) is -0.461. The summed E-state index contributed by atoms with van der Waals surface area (Å²) < 4.78 is 25.9. The van der Waals surface area contributed by atoms with Gasteiger partial charge in [0, 0.05) is 17.5 Å². The zero-order valence-electron chi connectivity index (χ0n) is 13.5.